The van der Waals surface area contributed by atoms with Gasteiger partial charge in [-0.05, 0) is 55.5 Å². The summed E-state index contributed by atoms with van der Waals surface area (Å²) in [5.41, 5.74) is 4.11. The normalized spacial score (nSPS) is 11.5. The van der Waals surface area contributed by atoms with Gasteiger partial charge in [-0.1, -0.05) is 18.2 Å². The Bertz CT molecular complexity index is 1320. The molecule has 0 heterocycles. The number of nitrogens with zero attached hydrogens (tertiary/aromatic N) is 1. The number of nitrogens with one attached hydrogen (secondary N) is 2. The Morgan fingerprint density at radius 2 is 1.50 bits per heavy atom. The molecule has 34 heavy (non-hydrogen) atoms. The van der Waals surface area contributed by atoms with Gasteiger partial charge < -0.3 is 14.2 Å². The molecule has 178 valence electrons. The Morgan fingerprint density at radius 1 is 0.794 bits per heavy atom. The van der Waals surface area contributed by atoms with Crippen molar-refractivity contribution >= 4 is 27.3 Å². The number of hydrogen-bond acceptors (Lipinski definition) is 7. The summed E-state index contributed by atoms with van der Waals surface area (Å²) in [4.78, 5) is 12.6. The number of benzene rings is 3. The lowest BCUT2D eigenvalue weighted by atomic mass is 10.1. The van der Waals surface area contributed by atoms with E-state index in [1.54, 1.807) is 56.5 Å². The van der Waals surface area contributed by atoms with Crippen LogP contribution in [0.15, 0.2) is 76.7 Å². The van der Waals surface area contributed by atoms with Crippen LogP contribution in [-0.4, -0.2) is 41.4 Å². The lowest BCUT2D eigenvalue weighted by Crippen LogP contribution is -2.20. The van der Waals surface area contributed by atoms with Crippen molar-refractivity contribution in [1.29, 1.82) is 0 Å². The summed E-state index contributed by atoms with van der Waals surface area (Å²) in [7, 11) is 0.553. The minimum Gasteiger partial charge on any atom is -0.495 e. The van der Waals surface area contributed by atoms with Crippen molar-refractivity contribution in [2.45, 2.75) is 11.8 Å². The van der Waals surface area contributed by atoms with Crippen molar-refractivity contribution in [2.75, 3.05) is 26.1 Å². The first-order valence-electron chi connectivity index (χ1n) is 10.1. The number of carbonyl (C=O) groups excluding carboxylic acids is 1. The molecule has 0 bridgehead atoms. The van der Waals surface area contributed by atoms with Gasteiger partial charge in [-0.2, -0.15) is 5.10 Å². The van der Waals surface area contributed by atoms with E-state index in [1.807, 2.05) is 0 Å². The topological polar surface area (TPSA) is 115 Å². The van der Waals surface area contributed by atoms with Gasteiger partial charge in [0.15, 0.2) is 11.5 Å². The van der Waals surface area contributed by atoms with E-state index in [1.165, 1.54) is 38.5 Å². The highest BCUT2D eigenvalue weighted by Gasteiger charge is 2.18. The predicted octanol–water partition coefficient (Wildman–Crippen LogP) is 3.67. The molecular formula is C24H25N3O6S. The number of anilines is 1. The Kier molecular flexibility index (Phi) is 7.75. The fourth-order valence-corrected chi connectivity index (χ4v) is 4.18. The minimum absolute atomic E-state index is 0.0772. The van der Waals surface area contributed by atoms with Gasteiger partial charge in [-0.15, -0.1) is 0 Å². The fraction of sp³-hybridized carbons (Fsp3) is 0.167. The number of rotatable bonds is 9. The van der Waals surface area contributed by atoms with E-state index < -0.39 is 15.9 Å². The van der Waals surface area contributed by atoms with Crippen LogP contribution in [-0.2, 0) is 10.0 Å². The smallest absolute Gasteiger partial charge is 0.271 e. The van der Waals surface area contributed by atoms with Gasteiger partial charge in [0, 0.05) is 11.1 Å². The predicted molar refractivity (Wildman–Crippen MR) is 129 cm³/mol. The van der Waals surface area contributed by atoms with E-state index in [2.05, 4.69) is 15.2 Å². The Balaban J connectivity index is 1.78. The van der Waals surface area contributed by atoms with Crippen LogP contribution in [0, 0.1) is 0 Å². The second-order valence-electron chi connectivity index (χ2n) is 7.04. The molecule has 0 aromatic heterocycles. The standard InChI is InChI=1S/C24H25N3O6S/c1-16(17-12-13-22(32-3)23(15-17)33-4)25-26-24(28)18-8-7-9-19(14-18)34(29,30)27-20-10-5-6-11-21(20)31-2/h5-15,27H,1-4H3,(H,26,28)/b25-16+. The molecular weight excluding hydrogens is 458 g/mol. The van der Waals surface area contributed by atoms with E-state index in [0.29, 0.717) is 23.0 Å². The third-order valence-corrected chi connectivity index (χ3v) is 6.25. The molecule has 0 radical (unpaired) electrons. The molecule has 0 spiro atoms. The summed E-state index contributed by atoms with van der Waals surface area (Å²) in [5.74, 6) is 0.915. The van der Waals surface area contributed by atoms with Gasteiger partial charge in [-0.3, -0.25) is 9.52 Å². The van der Waals surface area contributed by atoms with Crippen LogP contribution in [0.2, 0.25) is 0 Å². The molecule has 10 heteroatoms. The minimum atomic E-state index is -3.96. The summed E-state index contributed by atoms with van der Waals surface area (Å²) in [6.07, 6.45) is 0. The third-order valence-electron chi connectivity index (χ3n) is 4.88. The van der Waals surface area contributed by atoms with E-state index in [0.717, 1.165) is 5.56 Å². The van der Waals surface area contributed by atoms with Gasteiger partial charge in [0.2, 0.25) is 0 Å². The Labute approximate surface area is 198 Å². The van der Waals surface area contributed by atoms with Crippen molar-refractivity contribution in [3.8, 4) is 17.2 Å². The number of hydrazone groups is 1. The van der Waals surface area contributed by atoms with Crippen molar-refractivity contribution in [3.05, 3.63) is 77.9 Å². The quantitative estimate of drug-likeness (QED) is 0.355. The van der Waals surface area contributed by atoms with Crippen LogP contribution in [0.3, 0.4) is 0 Å². The highest BCUT2D eigenvalue weighted by Crippen LogP contribution is 2.28. The molecule has 0 aliphatic heterocycles. The van der Waals surface area contributed by atoms with E-state index in [9.17, 15) is 13.2 Å². The van der Waals surface area contributed by atoms with Gasteiger partial charge in [0.05, 0.1) is 37.6 Å². The highest BCUT2D eigenvalue weighted by molar-refractivity contribution is 7.92. The first-order chi connectivity index (χ1) is 16.3. The summed E-state index contributed by atoms with van der Waals surface area (Å²) in [6.45, 7) is 1.72. The third kappa shape index (κ3) is 5.65. The maximum Gasteiger partial charge on any atom is 0.271 e. The Morgan fingerprint density at radius 3 is 2.21 bits per heavy atom. The fourth-order valence-electron chi connectivity index (χ4n) is 3.06. The molecule has 0 fully saturated rings. The molecule has 0 atom stereocenters. The number of amides is 1. The van der Waals surface area contributed by atoms with Gasteiger partial charge in [0.1, 0.15) is 5.75 Å². The molecule has 9 nitrogen and oxygen atoms in total. The molecule has 3 aromatic rings. The summed E-state index contributed by atoms with van der Waals surface area (Å²) >= 11 is 0. The molecule has 3 aromatic carbocycles. The molecule has 3 rings (SSSR count). The van der Waals surface area contributed by atoms with E-state index >= 15 is 0 Å². The number of sulfonamides is 1. The number of hydrogen-bond donors (Lipinski definition) is 2. The van der Waals surface area contributed by atoms with Crippen LogP contribution >= 0.6 is 0 Å². The summed E-state index contributed by atoms with van der Waals surface area (Å²) in [6, 6.07) is 17.5. The van der Waals surface area contributed by atoms with Gasteiger partial charge >= 0.3 is 0 Å². The second kappa shape index (κ2) is 10.7. The van der Waals surface area contributed by atoms with Crippen LogP contribution in [0.25, 0.3) is 0 Å². The lowest BCUT2D eigenvalue weighted by molar-refractivity contribution is 0.0954. The largest absolute Gasteiger partial charge is 0.495 e. The van der Waals surface area contributed by atoms with Crippen LogP contribution in [0.5, 0.6) is 17.2 Å². The highest BCUT2D eigenvalue weighted by atomic mass is 32.2. The van der Waals surface area contributed by atoms with E-state index in [4.69, 9.17) is 14.2 Å². The van der Waals surface area contributed by atoms with Crippen molar-refractivity contribution < 1.29 is 27.4 Å². The van der Waals surface area contributed by atoms with Gasteiger partial charge in [-0.25, -0.2) is 13.8 Å². The monoisotopic (exact) mass is 483 g/mol. The molecule has 2 N–H and O–H groups in total. The molecule has 1 amide bonds. The number of ether oxygens (including phenoxy) is 3. The molecule has 0 saturated carbocycles. The summed E-state index contributed by atoms with van der Waals surface area (Å²) in [5, 5.41) is 4.12. The SMILES string of the molecule is COc1ccccc1NS(=O)(=O)c1cccc(C(=O)N/N=C(\C)c2ccc(OC)c(OC)c2)c1. The zero-order valence-corrected chi connectivity index (χ0v) is 20.0. The van der Waals surface area contributed by atoms with Crippen molar-refractivity contribution in [3.63, 3.8) is 0 Å². The summed E-state index contributed by atoms with van der Waals surface area (Å²) < 4.78 is 43.9. The average Bonchev–Trinajstić information content (AvgIpc) is 2.86. The first kappa shape index (κ1) is 24.6. The van der Waals surface area contributed by atoms with E-state index in [-0.39, 0.29) is 16.1 Å². The Hall–Kier alpha value is -4.05. The molecule has 0 saturated heterocycles. The molecule has 0 aliphatic carbocycles. The van der Waals surface area contributed by atoms with Crippen LogP contribution < -0.4 is 24.4 Å². The van der Waals surface area contributed by atoms with Crippen LogP contribution in [0.1, 0.15) is 22.8 Å². The number of carbonyl (C=O) groups is 1. The number of para-hydroxylation sites is 2. The molecule has 0 aliphatic rings. The zero-order valence-electron chi connectivity index (χ0n) is 19.2. The maximum absolute atomic E-state index is 12.9. The van der Waals surface area contributed by atoms with Crippen molar-refractivity contribution in [2.24, 2.45) is 5.10 Å². The first-order valence-corrected chi connectivity index (χ1v) is 11.6. The molecule has 0 unspecified atom stereocenters. The van der Waals surface area contributed by atoms with Gasteiger partial charge in [0.25, 0.3) is 15.9 Å². The average molecular weight is 484 g/mol. The van der Waals surface area contributed by atoms with Crippen LogP contribution in [0.4, 0.5) is 5.69 Å². The van der Waals surface area contributed by atoms with Crippen molar-refractivity contribution in [1.82, 2.24) is 5.43 Å². The maximum atomic E-state index is 12.9. The lowest BCUT2D eigenvalue weighted by Gasteiger charge is -2.12. The number of methoxy groups -OCH3 is 3. The zero-order chi connectivity index (χ0) is 24.7. The second-order valence-corrected chi connectivity index (χ2v) is 8.72.